The van der Waals surface area contributed by atoms with Crippen LogP contribution >= 0.6 is 0 Å². The Bertz CT molecular complexity index is 480. The average molecular weight is 266 g/mol. The highest BCUT2D eigenvalue weighted by Crippen LogP contribution is 2.11. The van der Waals surface area contributed by atoms with E-state index in [0.717, 1.165) is 0 Å². The summed E-state index contributed by atoms with van der Waals surface area (Å²) in [5, 5.41) is 0. The molecule has 0 unspecified atom stereocenters. The van der Waals surface area contributed by atoms with Crippen molar-refractivity contribution in [2.75, 3.05) is 19.8 Å². The predicted molar refractivity (Wildman–Crippen MR) is 74.8 cm³/mol. The van der Waals surface area contributed by atoms with Crippen molar-refractivity contribution in [1.82, 2.24) is 9.55 Å². The molecule has 0 aliphatic carbocycles. The number of hydrogen-bond donors (Lipinski definition) is 0. The molecule has 1 aromatic rings. The topological polar surface area (TPSA) is 53.4 Å². The summed E-state index contributed by atoms with van der Waals surface area (Å²) >= 11 is 0. The van der Waals surface area contributed by atoms with Crippen LogP contribution in [0, 0.1) is 6.92 Å². The Morgan fingerprint density at radius 1 is 1.37 bits per heavy atom. The molecule has 0 aliphatic heterocycles. The average Bonchev–Trinajstić information content (AvgIpc) is 2.39. The predicted octanol–water partition coefficient (Wildman–Crippen LogP) is 1.72. The van der Waals surface area contributed by atoms with Crippen molar-refractivity contribution in [2.45, 2.75) is 33.7 Å². The Labute approximate surface area is 113 Å². The molecule has 0 aromatic carbocycles. The lowest BCUT2D eigenvalue weighted by Crippen LogP contribution is -2.28. The highest BCUT2D eigenvalue weighted by atomic mass is 16.5. The van der Waals surface area contributed by atoms with Gasteiger partial charge in [0, 0.05) is 19.6 Å². The summed E-state index contributed by atoms with van der Waals surface area (Å²) in [5.41, 5.74) is 0.472. The Morgan fingerprint density at radius 3 is 2.68 bits per heavy atom. The summed E-state index contributed by atoms with van der Waals surface area (Å²) in [6.07, 6.45) is 2.28. The third kappa shape index (κ3) is 3.92. The van der Waals surface area contributed by atoms with Gasteiger partial charge in [-0.15, -0.1) is 6.58 Å². The number of aryl methyl sites for hydroxylation is 1. The molecule has 1 heterocycles. The molecule has 0 saturated heterocycles. The molecule has 0 radical (unpaired) electrons. The molecular formula is C14H22N2O3. The molecule has 1 aromatic heterocycles. The summed E-state index contributed by atoms with van der Waals surface area (Å²) in [6.45, 7) is 11.3. The smallest absolute Gasteiger partial charge is 0.296 e. The van der Waals surface area contributed by atoms with Gasteiger partial charge >= 0.3 is 0 Å². The lowest BCUT2D eigenvalue weighted by atomic mass is 10.3. The maximum Gasteiger partial charge on any atom is 0.296 e. The van der Waals surface area contributed by atoms with Crippen molar-refractivity contribution >= 4 is 0 Å². The molecule has 19 heavy (non-hydrogen) atoms. The summed E-state index contributed by atoms with van der Waals surface area (Å²) in [5.74, 6) is 1.03. The van der Waals surface area contributed by atoms with Gasteiger partial charge in [0.1, 0.15) is 5.82 Å². The van der Waals surface area contributed by atoms with Gasteiger partial charge in [0.05, 0.1) is 18.9 Å². The van der Waals surface area contributed by atoms with Crippen LogP contribution in [-0.2, 0) is 17.7 Å². The minimum Gasteiger partial charge on any atom is -0.487 e. The van der Waals surface area contributed by atoms with E-state index in [4.69, 9.17) is 9.47 Å². The summed E-state index contributed by atoms with van der Waals surface area (Å²) < 4.78 is 12.3. The molecule has 0 N–H and O–H groups in total. The molecular weight excluding hydrogens is 244 g/mol. The van der Waals surface area contributed by atoms with Gasteiger partial charge in [-0.05, 0) is 20.8 Å². The van der Waals surface area contributed by atoms with Crippen molar-refractivity contribution < 1.29 is 9.47 Å². The molecule has 0 amide bonds. The van der Waals surface area contributed by atoms with Crippen LogP contribution in [0.4, 0.5) is 0 Å². The first-order valence-corrected chi connectivity index (χ1v) is 6.57. The van der Waals surface area contributed by atoms with E-state index >= 15 is 0 Å². The number of aromatic nitrogens is 2. The summed E-state index contributed by atoms with van der Waals surface area (Å²) in [4.78, 5) is 16.8. The van der Waals surface area contributed by atoms with E-state index in [1.807, 2.05) is 13.8 Å². The van der Waals surface area contributed by atoms with Crippen molar-refractivity contribution in [3.05, 3.63) is 34.5 Å². The summed E-state index contributed by atoms with van der Waals surface area (Å²) in [7, 11) is 0. The second kappa shape index (κ2) is 7.74. The lowest BCUT2D eigenvalue weighted by molar-refractivity contribution is 0.148. The Kier molecular flexibility index (Phi) is 6.29. The molecule has 0 bridgehead atoms. The van der Waals surface area contributed by atoms with E-state index in [9.17, 15) is 4.79 Å². The zero-order valence-electron chi connectivity index (χ0n) is 11.9. The highest BCUT2D eigenvalue weighted by molar-refractivity contribution is 5.25. The van der Waals surface area contributed by atoms with Crippen LogP contribution < -0.4 is 10.3 Å². The van der Waals surface area contributed by atoms with E-state index in [0.29, 0.717) is 50.1 Å². The van der Waals surface area contributed by atoms with E-state index in [1.165, 1.54) is 0 Å². The molecule has 0 saturated carbocycles. The van der Waals surface area contributed by atoms with Crippen LogP contribution in [0.25, 0.3) is 0 Å². The standard InChI is InChI=1S/C14H22N2O3/c1-5-9-16-12(8-10-18-6-2)15-11(4)13(14(16)17)19-7-3/h5H,1,6-10H2,2-4H3. The number of hydrogen-bond acceptors (Lipinski definition) is 4. The van der Waals surface area contributed by atoms with Gasteiger partial charge in [-0.1, -0.05) is 6.08 Å². The van der Waals surface area contributed by atoms with Crippen LogP contribution in [0.2, 0.25) is 0 Å². The summed E-state index contributed by atoms with van der Waals surface area (Å²) in [6, 6.07) is 0. The van der Waals surface area contributed by atoms with Gasteiger partial charge in [0.15, 0.2) is 0 Å². The fourth-order valence-corrected chi connectivity index (χ4v) is 1.83. The second-order valence-electron chi connectivity index (χ2n) is 4.03. The normalized spacial score (nSPS) is 10.5. The number of ether oxygens (including phenoxy) is 2. The lowest BCUT2D eigenvalue weighted by Gasteiger charge is -2.14. The van der Waals surface area contributed by atoms with Crippen LogP contribution in [0.1, 0.15) is 25.4 Å². The molecule has 106 valence electrons. The fraction of sp³-hybridized carbons (Fsp3) is 0.571. The van der Waals surface area contributed by atoms with Crippen molar-refractivity contribution in [2.24, 2.45) is 0 Å². The van der Waals surface area contributed by atoms with Gasteiger partial charge < -0.3 is 9.47 Å². The van der Waals surface area contributed by atoms with Crippen molar-refractivity contribution in [3.63, 3.8) is 0 Å². The van der Waals surface area contributed by atoms with Crippen LogP contribution in [0.15, 0.2) is 17.4 Å². The van der Waals surface area contributed by atoms with E-state index in [1.54, 1.807) is 17.6 Å². The third-order valence-corrected chi connectivity index (χ3v) is 2.65. The minimum atomic E-state index is -0.152. The molecule has 0 spiro atoms. The molecule has 0 aliphatic rings. The van der Waals surface area contributed by atoms with E-state index < -0.39 is 0 Å². The zero-order chi connectivity index (χ0) is 14.3. The molecule has 0 fully saturated rings. The first-order valence-electron chi connectivity index (χ1n) is 6.57. The van der Waals surface area contributed by atoms with Gasteiger partial charge in [0.25, 0.3) is 5.56 Å². The van der Waals surface area contributed by atoms with E-state index in [-0.39, 0.29) is 5.56 Å². The van der Waals surface area contributed by atoms with Crippen LogP contribution in [-0.4, -0.2) is 29.4 Å². The van der Waals surface area contributed by atoms with Crippen LogP contribution in [0.5, 0.6) is 5.75 Å². The van der Waals surface area contributed by atoms with Crippen LogP contribution in [0.3, 0.4) is 0 Å². The minimum absolute atomic E-state index is 0.152. The largest absolute Gasteiger partial charge is 0.487 e. The Hall–Kier alpha value is -1.62. The molecule has 5 heteroatoms. The van der Waals surface area contributed by atoms with Gasteiger partial charge in [-0.3, -0.25) is 9.36 Å². The first kappa shape index (κ1) is 15.4. The Balaban J connectivity index is 3.15. The quantitative estimate of drug-likeness (QED) is 0.531. The Morgan fingerprint density at radius 2 is 2.11 bits per heavy atom. The third-order valence-electron chi connectivity index (χ3n) is 2.65. The van der Waals surface area contributed by atoms with Crippen molar-refractivity contribution in [1.29, 1.82) is 0 Å². The SMILES string of the molecule is C=CCn1c(CCOCC)nc(C)c(OCC)c1=O. The van der Waals surface area contributed by atoms with Gasteiger partial charge in [-0.25, -0.2) is 4.98 Å². The first-order chi connectivity index (χ1) is 9.15. The maximum absolute atomic E-state index is 12.3. The van der Waals surface area contributed by atoms with Crippen molar-refractivity contribution in [3.8, 4) is 5.75 Å². The van der Waals surface area contributed by atoms with Gasteiger partial charge in [-0.2, -0.15) is 0 Å². The molecule has 5 nitrogen and oxygen atoms in total. The van der Waals surface area contributed by atoms with Gasteiger partial charge in [0.2, 0.25) is 5.75 Å². The fourth-order valence-electron chi connectivity index (χ4n) is 1.83. The number of nitrogens with zero attached hydrogens (tertiary/aromatic N) is 2. The zero-order valence-corrected chi connectivity index (χ0v) is 11.9. The monoisotopic (exact) mass is 266 g/mol. The molecule has 0 atom stereocenters. The highest BCUT2D eigenvalue weighted by Gasteiger charge is 2.14. The second-order valence-corrected chi connectivity index (χ2v) is 4.03. The maximum atomic E-state index is 12.3. The number of allylic oxidation sites excluding steroid dienone is 1. The number of rotatable bonds is 8. The molecule has 1 rings (SSSR count). The van der Waals surface area contributed by atoms with E-state index in [2.05, 4.69) is 11.6 Å².